The van der Waals surface area contributed by atoms with Crippen molar-refractivity contribution in [3.63, 3.8) is 0 Å². The van der Waals surface area contributed by atoms with Gasteiger partial charge in [-0.15, -0.1) is 0 Å². The lowest BCUT2D eigenvalue weighted by Gasteiger charge is -2.34. The van der Waals surface area contributed by atoms with Crippen LogP contribution in [0, 0.1) is 0 Å². The van der Waals surface area contributed by atoms with Crippen LogP contribution < -0.4 is 4.90 Å². The molecule has 6 aromatic rings. The van der Waals surface area contributed by atoms with Gasteiger partial charge in [0.1, 0.15) is 0 Å². The molecule has 1 aromatic heterocycles. The van der Waals surface area contributed by atoms with Gasteiger partial charge in [0.15, 0.2) is 0 Å². The second-order valence-corrected chi connectivity index (χ2v) is 13.7. The molecule has 1 atom stereocenters. The number of hydrogen-bond acceptors (Lipinski definition) is 1. The molecule has 0 amide bonds. The molecule has 232 valence electrons. The second-order valence-electron chi connectivity index (χ2n) is 13.7. The highest BCUT2D eigenvalue weighted by atomic mass is 15.2. The summed E-state index contributed by atoms with van der Waals surface area (Å²) in [6.45, 7) is 4.78. The number of fused-ring (bicyclic) bond motifs is 6. The van der Waals surface area contributed by atoms with Gasteiger partial charge in [-0.05, 0) is 94.8 Å². The molecule has 0 spiro atoms. The van der Waals surface area contributed by atoms with Crippen LogP contribution in [0.3, 0.4) is 0 Å². The Labute approximate surface area is 283 Å². The summed E-state index contributed by atoms with van der Waals surface area (Å²) >= 11 is 0. The summed E-state index contributed by atoms with van der Waals surface area (Å²) in [5.74, 6) is 0. The third-order valence-corrected chi connectivity index (χ3v) is 10.6. The van der Waals surface area contributed by atoms with Crippen molar-refractivity contribution in [2.24, 2.45) is 0 Å². The minimum atomic E-state index is -0.152. The van der Waals surface area contributed by atoms with E-state index in [2.05, 4.69) is 187 Å². The highest BCUT2D eigenvalue weighted by Gasteiger charge is 2.37. The van der Waals surface area contributed by atoms with Crippen LogP contribution in [0.1, 0.15) is 43.4 Å². The number of aromatic nitrogens is 1. The second kappa shape index (κ2) is 11.3. The molecule has 2 nitrogen and oxygen atoms in total. The fourth-order valence-corrected chi connectivity index (χ4v) is 8.12. The number of allylic oxidation sites excluding steroid dienone is 8. The first-order valence-corrected chi connectivity index (χ1v) is 17.1. The number of benzene rings is 5. The lowest BCUT2D eigenvalue weighted by Crippen LogP contribution is -2.30. The molecule has 1 unspecified atom stereocenters. The van der Waals surface area contributed by atoms with Crippen LogP contribution in [0.2, 0.25) is 0 Å². The summed E-state index contributed by atoms with van der Waals surface area (Å²) in [5, 5.41) is 2.58. The predicted octanol–water partition coefficient (Wildman–Crippen LogP) is 12.0. The van der Waals surface area contributed by atoms with Gasteiger partial charge in [-0.1, -0.05) is 129 Å². The van der Waals surface area contributed by atoms with Gasteiger partial charge in [-0.3, -0.25) is 0 Å². The summed E-state index contributed by atoms with van der Waals surface area (Å²) in [5.41, 5.74) is 14.0. The molecule has 0 bridgehead atoms. The number of nitrogens with zero attached hydrogens (tertiary/aromatic N) is 2. The molecule has 3 aliphatic rings. The monoisotopic (exact) mass is 618 g/mol. The van der Waals surface area contributed by atoms with Crippen molar-refractivity contribution in [1.82, 2.24) is 4.57 Å². The van der Waals surface area contributed by atoms with E-state index in [9.17, 15) is 0 Å². The Bertz CT molecular complexity index is 2320. The number of anilines is 2. The van der Waals surface area contributed by atoms with Crippen molar-refractivity contribution >= 4 is 38.8 Å². The highest BCUT2D eigenvalue weighted by Crippen LogP contribution is 2.51. The van der Waals surface area contributed by atoms with E-state index in [1.165, 1.54) is 72.3 Å². The van der Waals surface area contributed by atoms with Crippen LogP contribution in [0.25, 0.3) is 44.2 Å². The van der Waals surface area contributed by atoms with E-state index in [0.29, 0.717) is 0 Å². The number of para-hydroxylation sites is 2. The zero-order valence-corrected chi connectivity index (χ0v) is 27.5. The molecule has 3 aliphatic carbocycles. The molecule has 5 aromatic carbocycles. The average Bonchev–Trinajstić information content (AvgIpc) is 3.39. The van der Waals surface area contributed by atoms with Crippen molar-refractivity contribution in [3.05, 3.63) is 181 Å². The number of rotatable bonds is 5. The van der Waals surface area contributed by atoms with E-state index in [4.69, 9.17) is 0 Å². The maximum atomic E-state index is 2.52. The van der Waals surface area contributed by atoms with Crippen LogP contribution in [-0.4, -0.2) is 10.6 Å². The first-order chi connectivity index (χ1) is 23.6. The molecule has 0 radical (unpaired) electrons. The van der Waals surface area contributed by atoms with Crippen molar-refractivity contribution in [2.75, 3.05) is 4.90 Å². The summed E-state index contributed by atoms with van der Waals surface area (Å²) < 4.78 is 2.43. The Kier molecular flexibility index (Phi) is 6.72. The lowest BCUT2D eigenvalue weighted by molar-refractivity contribution is 0.659. The molecule has 0 aliphatic heterocycles. The van der Waals surface area contributed by atoms with Gasteiger partial charge < -0.3 is 9.47 Å². The standard InChI is InChI=1S/C46H38N2/c1-46(2)42-30-36(47(34-16-8-5-9-17-34)35-24-22-33(23-25-35)32-14-6-3-4-7-15-32)26-28-38(42)39-29-27-37(31-43(39)46)48-44-20-12-10-18-40(44)41-19-11-13-21-45(41)48/h3-14,16,18-31,34H,15,17H2,1-2H3. The quantitative estimate of drug-likeness (QED) is 0.187. The van der Waals surface area contributed by atoms with Gasteiger partial charge >= 0.3 is 0 Å². The molecule has 0 saturated heterocycles. The van der Waals surface area contributed by atoms with Gasteiger partial charge in [-0.25, -0.2) is 0 Å². The van der Waals surface area contributed by atoms with Gasteiger partial charge in [-0.2, -0.15) is 0 Å². The molecular weight excluding hydrogens is 581 g/mol. The molecule has 9 rings (SSSR count). The minimum Gasteiger partial charge on any atom is -0.334 e. The SMILES string of the molecule is CC1(C)c2cc(N(c3ccc(C4=CC=CC=CC4)cc3)C3C=CC=CC3)ccc2-c2ccc(-n3c4ccccc4c4ccccc43)cc21. The lowest BCUT2D eigenvalue weighted by atomic mass is 9.82. The van der Waals surface area contributed by atoms with E-state index in [1.54, 1.807) is 0 Å². The largest absolute Gasteiger partial charge is 0.334 e. The van der Waals surface area contributed by atoms with Crippen LogP contribution in [0.5, 0.6) is 0 Å². The summed E-state index contributed by atoms with van der Waals surface area (Å²) in [4.78, 5) is 2.52. The molecule has 0 saturated carbocycles. The molecule has 0 fully saturated rings. The van der Waals surface area contributed by atoms with E-state index in [0.717, 1.165) is 12.8 Å². The van der Waals surface area contributed by atoms with Gasteiger partial charge in [0.2, 0.25) is 0 Å². The summed E-state index contributed by atoms with van der Waals surface area (Å²) in [6.07, 6.45) is 21.7. The zero-order chi connectivity index (χ0) is 32.2. The Hall–Kier alpha value is -5.60. The fourth-order valence-electron chi connectivity index (χ4n) is 8.12. The number of hydrogen-bond donors (Lipinski definition) is 0. The summed E-state index contributed by atoms with van der Waals surface area (Å²) in [6, 6.07) is 41.2. The van der Waals surface area contributed by atoms with Crippen LogP contribution in [0.4, 0.5) is 11.4 Å². The predicted molar refractivity (Wildman–Crippen MR) is 204 cm³/mol. The third-order valence-electron chi connectivity index (χ3n) is 10.6. The zero-order valence-electron chi connectivity index (χ0n) is 27.5. The first kappa shape index (κ1) is 28.6. The van der Waals surface area contributed by atoms with Crippen molar-refractivity contribution in [3.8, 4) is 16.8 Å². The third kappa shape index (κ3) is 4.55. The van der Waals surface area contributed by atoms with Crippen molar-refractivity contribution in [2.45, 2.75) is 38.1 Å². The molecule has 0 N–H and O–H groups in total. The van der Waals surface area contributed by atoms with E-state index < -0.39 is 0 Å². The normalized spacial score (nSPS) is 17.4. The van der Waals surface area contributed by atoms with Crippen molar-refractivity contribution < 1.29 is 0 Å². The Balaban J connectivity index is 1.12. The van der Waals surface area contributed by atoms with Gasteiger partial charge in [0.25, 0.3) is 0 Å². The summed E-state index contributed by atoms with van der Waals surface area (Å²) in [7, 11) is 0. The average molecular weight is 619 g/mol. The van der Waals surface area contributed by atoms with Crippen LogP contribution in [-0.2, 0) is 5.41 Å². The Morgan fingerprint density at radius 1 is 0.625 bits per heavy atom. The maximum Gasteiger partial charge on any atom is 0.0559 e. The molecule has 1 heterocycles. The maximum absolute atomic E-state index is 2.52. The molecular formula is C46H38N2. The van der Waals surface area contributed by atoms with Gasteiger partial charge in [0, 0.05) is 33.2 Å². The van der Waals surface area contributed by atoms with Gasteiger partial charge in [0.05, 0.1) is 17.1 Å². The van der Waals surface area contributed by atoms with Crippen LogP contribution >= 0.6 is 0 Å². The first-order valence-electron chi connectivity index (χ1n) is 17.1. The molecule has 48 heavy (non-hydrogen) atoms. The van der Waals surface area contributed by atoms with Crippen LogP contribution in [0.15, 0.2) is 164 Å². The van der Waals surface area contributed by atoms with Crippen molar-refractivity contribution in [1.29, 1.82) is 0 Å². The minimum absolute atomic E-state index is 0.152. The fraction of sp³-hybridized carbons (Fsp3) is 0.130. The van der Waals surface area contributed by atoms with E-state index in [1.807, 2.05) is 0 Å². The Morgan fingerprint density at radius 2 is 1.29 bits per heavy atom. The molecule has 2 heteroatoms. The van der Waals surface area contributed by atoms with E-state index >= 15 is 0 Å². The van der Waals surface area contributed by atoms with E-state index in [-0.39, 0.29) is 11.5 Å². The highest BCUT2D eigenvalue weighted by molar-refractivity contribution is 6.09. The Morgan fingerprint density at radius 3 is 2.02 bits per heavy atom. The topological polar surface area (TPSA) is 8.17 Å². The smallest absolute Gasteiger partial charge is 0.0559 e.